The van der Waals surface area contributed by atoms with Gasteiger partial charge in [-0.1, -0.05) is 38.0 Å². The molecule has 18 heavy (non-hydrogen) atoms. The molecular formula is C14H22N2O2. The number of hydrogen-bond donors (Lipinski definition) is 3. The molecule has 0 heterocycles. The summed E-state index contributed by atoms with van der Waals surface area (Å²) in [5.41, 5.74) is 6.26. The zero-order chi connectivity index (χ0) is 13.4. The summed E-state index contributed by atoms with van der Waals surface area (Å²) in [7, 11) is 0. The normalized spacial score (nSPS) is 12.1. The van der Waals surface area contributed by atoms with Crippen molar-refractivity contribution in [2.75, 3.05) is 6.54 Å². The summed E-state index contributed by atoms with van der Waals surface area (Å²) >= 11 is 0. The fourth-order valence-electron chi connectivity index (χ4n) is 1.81. The van der Waals surface area contributed by atoms with Gasteiger partial charge in [-0.05, 0) is 12.5 Å². The van der Waals surface area contributed by atoms with E-state index in [1.807, 2.05) is 0 Å². The fraction of sp³-hybridized carbons (Fsp3) is 0.500. The molecule has 0 saturated carbocycles. The van der Waals surface area contributed by atoms with Crippen LogP contribution in [0.5, 0.6) is 5.75 Å². The molecule has 1 unspecified atom stereocenters. The number of benzene rings is 1. The van der Waals surface area contributed by atoms with Crippen LogP contribution in [0.25, 0.3) is 0 Å². The monoisotopic (exact) mass is 250 g/mol. The number of nitrogens with two attached hydrogens (primary N) is 1. The minimum Gasteiger partial charge on any atom is -0.508 e. The lowest BCUT2D eigenvalue weighted by Gasteiger charge is -2.16. The van der Waals surface area contributed by atoms with Gasteiger partial charge in [-0.3, -0.25) is 4.79 Å². The standard InChI is InChI=1S/C14H22N2O2/c1-2-3-7-12(10-15)16-14(18)9-11-6-4-5-8-13(11)17/h4-6,8,12,17H,2-3,7,9-10,15H2,1H3,(H,16,18). The van der Waals surface area contributed by atoms with Crippen LogP contribution < -0.4 is 11.1 Å². The number of carbonyl (C=O) groups is 1. The lowest BCUT2D eigenvalue weighted by molar-refractivity contribution is -0.121. The first-order valence-electron chi connectivity index (χ1n) is 6.43. The van der Waals surface area contributed by atoms with Gasteiger partial charge >= 0.3 is 0 Å². The molecule has 0 aliphatic carbocycles. The highest BCUT2D eigenvalue weighted by molar-refractivity contribution is 5.79. The highest BCUT2D eigenvalue weighted by Crippen LogP contribution is 2.15. The van der Waals surface area contributed by atoms with E-state index in [1.54, 1.807) is 24.3 Å². The molecule has 1 amide bonds. The predicted molar refractivity (Wildman–Crippen MR) is 72.3 cm³/mol. The summed E-state index contributed by atoms with van der Waals surface area (Å²) in [6.07, 6.45) is 3.24. The Morgan fingerprint density at radius 2 is 2.17 bits per heavy atom. The minimum atomic E-state index is -0.0944. The molecule has 0 aliphatic heterocycles. The summed E-state index contributed by atoms with van der Waals surface area (Å²) in [6.45, 7) is 2.56. The molecule has 0 radical (unpaired) electrons. The Morgan fingerprint density at radius 1 is 1.44 bits per heavy atom. The SMILES string of the molecule is CCCCC(CN)NC(=O)Cc1ccccc1O. The largest absolute Gasteiger partial charge is 0.508 e. The van der Waals surface area contributed by atoms with Gasteiger partial charge in [-0.25, -0.2) is 0 Å². The molecule has 1 aromatic rings. The minimum absolute atomic E-state index is 0.0308. The molecule has 0 fully saturated rings. The molecule has 1 rings (SSSR count). The van der Waals surface area contributed by atoms with E-state index >= 15 is 0 Å². The van der Waals surface area contributed by atoms with E-state index in [9.17, 15) is 9.90 Å². The van der Waals surface area contributed by atoms with Crippen molar-refractivity contribution in [2.45, 2.75) is 38.6 Å². The Bertz CT molecular complexity index is 380. The first-order chi connectivity index (χ1) is 8.67. The molecule has 0 aliphatic rings. The van der Waals surface area contributed by atoms with Crippen LogP contribution in [0.4, 0.5) is 0 Å². The average Bonchev–Trinajstić information content (AvgIpc) is 2.37. The van der Waals surface area contributed by atoms with Crippen molar-refractivity contribution < 1.29 is 9.90 Å². The van der Waals surface area contributed by atoms with Crippen LogP contribution in [0.15, 0.2) is 24.3 Å². The third-order valence-electron chi connectivity index (χ3n) is 2.90. The maximum atomic E-state index is 11.8. The van der Waals surface area contributed by atoms with Gasteiger partial charge in [0.25, 0.3) is 0 Å². The lowest BCUT2D eigenvalue weighted by Crippen LogP contribution is -2.40. The second-order valence-electron chi connectivity index (χ2n) is 4.45. The Kier molecular flexibility index (Phi) is 6.22. The zero-order valence-corrected chi connectivity index (χ0v) is 10.9. The number of carbonyl (C=O) groups excluding carboxylic acids is 1. The van der Waals surface area contributed by atoms with Crippen LogP contribution in [0.3, 0.4) is 0 Å². The van der Waals surface area contributed by atoms with Crippen LogP contribution in [0.2, 0.25) is 0 Å². The number of aromatic hydroxyl groups is 1. The van der Waals surface area contributed by atoms with Gasteiger partial charge in [0.2, 0.25) is 5.91 Å². The first-order valence-corrected chi connectivity index (χ1v) is 6.43. The molecule has 0 aromatic heterocycles. The Hall–Kier alpha value is -1.55. The van der Waals surface area contributed by atoms with Crippen LogP contribution in [-0.4, -0.2) is 23.6 Å². The Morgan fingerprint density at radius 3 is 2.78 bits per heavy atom. The number of para-hydroxylation sites is 1. The van der Waals surface area contributed by atoms with Crippen molar-refractivity contribution in [3.63, 3.8) is 0 Å². The third kappa shape index (κ3) is 4.75. The topological polar surface area (TPSA) is 75.3 Å². The van der Waals surface area contributed by atoms with E-state index in [-0.39, 0.29) is 24.1 Å². The number of unbranched alkanes of at least 4 members (excludes halogenated alkanes) is 1. The van der Waals surface area contributed by atoms with Gasteiger partial charge in [0.1, 0.15) is 5.75 Å². The van der Waals surface area contributed by atoms with Gasteiger partial charge in [0.05, 0.1) is 6.42 Å². The Balaban J connectivity index is 2.48. The predicted octanol–water partition coefficient (Wildman–Crippen LogP) is 1.57. The molecule has 0 spiro atoms. The smallest absolute Gasteiger partial charge is 0.224 e. The van der Waals surface area contributed by atoms with Crippen LogP contribution in [0.1, 0.15) is 31.7 Å². The highest BCUT2D eigenvalue weighted by atomic mass is 16.3. The van der Waals surface area contributed by atoms with Crippen molar-refractivity contribution in [1.82, 2.24) is 5.32 Å². The summed E-state index contributed by atoms with van der Waals surface area (Å²) in [5.74, 6) is 0.0635. The van der Waals surface area contributed by atoms with Crippen molar-refractivity contribution in [3.8, 4) is 5.75 Å². The maximum Gasteiger partial charge on any atom is 0.224 e. The van der Waals surface area contributed by atoms with E-state index in [1.165, 1.54) is 0 Å². The summed E-state index contributed by atoms with van der Waals surface area (Å²) in [5, 5.41) is 12.5. The molecule has 0 saturated heterocycles. The fourth-order valence-corrected chi connectivity index (χ4v) is 1.81. The molecule has 100 valence electrons. The number of hydrogen-bond acceptors (Lipinski definition) is 3. The Labute approximate surface area is 108 Å². The number of rotatable bonds is 7. The second-order valence-corrected chi connectivity index (χ2v) is 4.45. The van der Waals surface area contributed by atoms with E-state index in [4.69, 9.17) is 5.73 Å². The van der Waals surface area contributed by atoms with Gasteiger partial charge in [0, 0.05) is 18.2 Å². The molecule has 4 heteroatoms. The number of amides is 1. The van der Waals surface area contributed by atoms with Crippen LogP contribution in [-0.2, 0) is 11.2 Å². The summed E-state index contributed by atoms with van der Waals surface area (Å²) in [6, 6.07) is 6.90. The van der Waals surface area contributed by atoms with E-state index < -0.39 is 0 Å². The summed E-state index contributed by atoms with van der Waals surface area (Å²) in [4.78, 5) is 11.8. The highest BCUT2D eigenvalue weighted by Gasteiger charge is 2.12. The third-order valence-corrected chi connectivity index (χ3v) is 2.90. The van der Waals surface area contributed by atoms with Gasteiger partial charge in [-0.15, -0.1) is 0 Å². The second kappa shape index (κ2) is 7.71. The number of phenols is 1. The van der Waals surface area contributed by atoms with Crippen LogP contribution >= 0.6 is 0 Å². The number of phenolic OH excluding ortho intramolecular Hbond substituents is 1. The molecule has 1 atom stereocenters. The number of nitrogens with one attached hydrogen (secondary N) is 1. The van der Waals surface area contributed by atoms with Gasteiger partial charge < -0.3 is 16.2 Å². The van der Waals surface area contributed by atoms with Gasteiger partial charge in [-0.2, -0.15) is 0 Å². The molecule has 4 N–H and O–H groups in total. The zero-order valence-electron chi connectivity index (χ0n) is 10.9. The van der Waals surface area contributed by atoms with Gasteiger partial charge in [0.15, 0.2) is 0 Å². The summed E-state index contributed by atoms with van der Waals surface area (Å²) < 4.78 is 0. The molecular weight excluding hydrogens is 228 g/mol. The quantitative estimate of drug-likeness (QED) is 0.687. The molecule has 0 bridgehead atoms. The maximum absolute atomic E-state index is 11.8. The van der Waals surface area contributed by atoms with E-state index in [0.717, 1.165) is 19.3 Å². The van der Waals surface area contributed by atoms with Crippen LogP contribution in [0, 0.1) is 0 Å². The van der Waals surface area contributed by atoms with Crippen molar-refractivity contribution in [2.24, 2.45) is 5.73 Å². The average molecular weight is 250 g/mol. The molecule has 1 aromatic carbocycles. The van der Waals surface area contributed by atoms with E-state index in [2.05, 4.69) is 12.2 Å². The molecule has 4 nitrogen and oxygen atoms in total. The lowest BCUT2D eigenvalue weighted by atomic mass is 10.1. The van der Waals surface area contributed by atoms with Crippen molar-refractivity contribution in [1.29, 1.82) is 0 Å². The first kappa shape index (κ1) is 14.5. The van der Waals surface area contributed by atoms with Crippen molar-refractivity contribution in [3.05, 3.63) is 29.8 Å². The van der Waals surface area contributed by atoms with E-state index in [0.29, 0.717) is 12.1 Å². The van der Waals surface area contributed by atoms with Crippen molar-refractivity contribution >= 4 is 5.91 Å².